The van der Waals surface area contributed by atoms with Gasteiger partial charge in [0.2, 0.25) is 11.6 Å². The fraction of sp³-hybridized carbons (Fsp3) is 0.0769. The monoisotopic (exact) mass is 484 g/mol. The molecule has 4 N–H and O–H groups in total. The van der Waals surface area contributed by atoms with Crippen LogP contribution >= 0.6 is 31.9 Å². The number of phenolic OH excluding ortho intramolecular Hbond substituents is 1. The van der Waals surface area contributed by atoms with Gasteiger partial charge in [0.05, 0.1) is 20.9 Å². The predicted molar refractivity (Wildman–Crippen MR) is 96.9 cm³/mol. The molecule has 0 unspecified atom stereocenters. The van der Waals surface area contributed by atoms with Crippen LogP contribution in [0.3, 0.4) is 0 Å². The lowest BCUT2D eigenvalue weighted by Gasteiger charge is -2.03. The number of carbonyl (C=O) groups is 1. The van der Waals surface area contributed by atoms with Gasteiger partial charge in [-0.15, -0.1) is 5.10 Å². The lowest BCUT2D eigenvalue weighted by atomic mass is 10.2. The molecule has 0 saturated heterocycles. The van der Waals surface area contributed by atoms with Gasteiger partial charge in [-0.1, -0.05) is 5.21 Å². The van der Waals surface area contributed by atoms with Crippen LogP contribution in [0.4, 0.5) is 5.82 Å². The van der Waals surface area contributed by atoms with Crippen LogP contribution in [0.5, 0.6) is 5.75 Å². The van der Waals surface area contributed by atoms with Crippen LogP contribution in [0.25, 0.3) is 5.82 Å². The lowest BCUT2D eigenvalue weighted by molar-refractivity contribution is 0.0946. The van der Waals surface area contributed by atoms with E-state index in [1.54, 1.807) is 19.1 Å². The first-order valence-corrected chi connectivity index (χ1v) is 8.49. The maximum absolute atomic E-state index is 12.4. The lowest BCUT2D eigenvalue weighted by Crippen LogP contribution is -2.22. The van der Waals surface area contributed by atoms with Gasteiger partial charge in [0.1, 0.15) is 5.75 Å². The number of carbonyl (C=O) groups excluding carboxylic acids is 1. The van der Waals surface area contributed by atoms with Gasteiger partial charge in [0.25, 0.3) is 5.91 Å². The van der Waals surface area contributed by atoms with Gasteiger partial charge < -0.3 is 10.8 Å². The minimum absolute atomic E-state index is 0.0359. The van der Waals surface area contributed by atoms with Gasteiger partial charge in [-0.25, -0.2) is 10.1 Å². The van der Waals surface area contributed by atoms with E-state index in [9.17, 15) is 9.90 Å². The Morgan fingerprint density at radius 2 is 2.08 bits per heavy atom. The van der Waals surface area contributed by atoms with E-state index < -0.39 is 5.91 Å². The van der Waals surface area contributed by atoms with Gasteiger partial charge in [0.15, 0.2) is 5.69 Å². The van der Waals surface area contributed by atoms with Crippen LogP contribution in [0, 0.1) is 6.92 Å². The molecule has 13 heteroatoms. The highest BCUT2D eigenvalue weighted by Gasteiger charge is 2.22. The van der Waals surface area contributed by atoms with E-state index in [1.807, 2.05) is 0 Å². The van der Waals surface area contributed by atoms with Gasteiger partial charge in [-0.3, -0.25) is 4.79 Å². The number of halogens is 2. The Balaban J connectivity index is 1.82. The van der Waals surface area contributed by atoms with E-state index in [0.29, 0.717) is 20.2 Å². The second kappa shape index (κ2) is 7.21. The van der Waals surface area contributed by atoms with Crippen molar-refractivity contribution in [1.29, 1.82) is 0 Å². The molecule has 26 heavy (non-hydrogen) atoms. The zero-order valence-electron chi connectivity index (χ0n) is 13.0. The van der Waals surface area contributed by atoms with Crippen molar-refractivity contribution in [2.24, 2.45) is 5.10 Å². The number of nitrogens with zero attached hydrogens (tertiary/aromatic N) is 6. The highest BCUT2D eigenvalue weighted by atomic mass is 79.9. The second-order valence-electron chi connectivity index (χ2n) is 4.94. The third-order valence-corrected chi connectivity index (χ3v) is 4.38. The van der Waals surface area contributed by atoms with Crippen molar-refractivity contribution in [1.82, 2.24) is 30.7 Å². The standard InChI is InChI=1S/C13H10Br2N8O3/c1-5-9(23(22-18-5)12-11(16)20-26-21-12)13(25)19-17-4-6-2-7(14)10(24)8(15)3-6/h2-4,24H,1H3,(H2,16,20)(H,19,25)/b17-4+. The number of nitrogens with two attached hydrogens (primary N) is 1. The topological polar surface area (TPSA) is 157 Å². The SMILES string of the molecule is Cc1nnn(-c2nonc2N)c1C(=O)N/N=C/c1cc(Br)c(O)c(Br)c1. The third-order valence-electron chi connectivity index (χ3n) is 3.17. The van der Waals surface area contributed by atoms with Crippen molar-refractivity contribution in [2.45, 2.75) is 6.92 Å². The summed E-state index contributed by atoms with van der Waals surface area (Å²) in [6, 6.07) is 3.27. The third kappa shape index (κ3) is 3.43. The number of aryl methyl sites for hydroxylation is 1. The molecule has 3 rings (SSSR count). The predicted octanol–water partition coefficient (Wildman–Crippen LogP) is 1.54. The fourth-order valence-corrected chi connectivity index (χ4v) is 3.20. The quantitative estimate of drug-likeness (QED) is 0.370. The number of nitrogen functional groups attached to an aromatic ring is 1. The normalized spacial score (nSPS) is 11.2. The highest BCUT2D eigenvalue weighted by Crippen LogP contribution is 2.32. The summed E-state index contributed by atoms with van der Waals surface area (Å²) in [4.78, 5) is 12.4. The molecule has 0 spiro atoms. The zero-order chi connectivity index (χ0) is 18.8. The molecule has 2 aromatic heterocycles. The molecule has 2 heterocycles. The molecular formula is C13H10Br2N8O3. The van der Waals surface area contributed by atoms with Crippen LogP contribution < -0.4 is 11.2 Å². The van der Waals surface area contributed by atoms with E-state index >= 15 is 0 Å². The summed E-state index contributed by atoms with van der Waals surface area (Å²) in [5.74, 6) is -0.504. The average molecular weight is 486 g/mol. The van der Waals surface area contributed by atoms with Crippen LogP contribution in [0.2, 0.25) is 0 Å². The van der Waals surface area contributed by atoms with Crippen molar-refractivity contribution in [3.05, 3.63) is 38.0 Å². The molecule has 1 amide bonds. The summed E-state index contributed by atoms with van der Waals surface area (Å²) in [7, 11) is 0. The summed E-state index contributed by atoms with van der Waals surface area (Å²) in [6.07, 6.45) is 1.41. The van der Waals surface area contributed by atoms with Crippen molar-refractivity contribution in [2.75, 3.05) is 5.73 Å². The first-order chi connectivity index (χ1) is 12.4. The minimum atomic E-state index is -0.581. The maximum Gasteiger partial charge on any atom is 0.292 e. The van der Waals surface area contributed by atoms with Crippen molar-refractivity contribution in [3.8, 4) is 11.6 Å². The van der Waals surface area contributed by atoms with Crippen molar-refractivity contribution < 1.29 is 14.5 Å². The van der Waals surface area contributed by atoms with Gasteiger partial charge >= 0.3 is 0 Å². The van der Waals surface area contributed by atoms with Gasteiger partial charge in [0, 0.05) is 0 Å². The van der Waals surface area contributed by atoms with E-state index in [0.717, 1.165) is 4.68 Å². The number of anilines is 1. The number of hydrazone groups is 1. The summed E-state index contributed by atoms with van der Waals surface area (Å²) < 4.78 is 6.58. The highest BCUT2D eigenvalue weighted by molar-refractivity contribution is 9.11. The molecule has 0 aliphatic rings. The van der Waals surface area contributed by atoms with E-state index in [1.165, 1.54) is 6.21 Å². The fourth-order valence-electron chi connectivity index (χ4n) is 1.98. The molecular weight excluding hydrogens is 476 g/mol. The van der Waals surface area contributed by atoms with Crippen LogP contribution in [-0.2, 0) is 0 Å². The number of aromatic hydroxyl groups is 1. The number of rotatable bonds is 4. The Hall–Kier alpha value is -2.80. The second-order valence-corrected chi connectivity index (χ2v) is 6.65. The number of hydrogen-bond donors (Lipinski definition) is 3. The molecule has 0 saturated carbocycles. The molecule has 3 aromatic rings. The molecule has 0 bridgehead atoms. The molecule has 0 aliphatic carbocycles. The van der Waals surface area contributed by atoms with E-state index in [-0.39, 0.29) is 23.1 Å². The maximum atomic E-state index is 12.4. The van der Waals surface area contributed by atoms with E-state index in [4.69, 9.17) is 5.73 Å². The van der Waals surface area contributed by atoms with Crippen LogP contribution in [-0.4, -0.2) is 42.5 Å². The summed E-state index contributed by atoms with van der Waals surface area (Å²) in [6.45, 7) is 1.60. The Morgan fingerprint density at radius 3 is 2.69 bits per heavy atom. The molecule has 11 nitrogen and oxygen atoms in total. The molecule has 0 fully saturated rings. The van der Waals surface area contributed by atoms with Crippen molar-refractivity contribution >= 4 is 49.8 Å². The zero-order valence-corrected chi connectivity index (χ0v) is 16.2. The smallest absolute Gasteiger partial charge is 0.292 e. The first kappa shape index (κ1) is 18.0. The van der Waals surface area contributed by atoms with Gasteiger partial charge in [-0.05, 0) is 66.8 Å². The average Bonchev–Trinajstić information content (AvgIpc) is 3.17. The van der Waals surface area contributed by atoms with Crippen LogP contribution in [0.1, 0.15) is 21.7 Å². The summed E-state index contributed by atoms with van der Waals surface area (Å²) >= 11 is 6.43. The number of nitrogens with one attached hydrogen (secondary N) is 1. The summed E-state index contributed by atoms with van der Waals surface area (Å²) in [5.41, 5.74) is 9.05. The molecule has 0 aliphatic heterocycles. The van der Waals surface area contributed by atoms with Gasteiger partial charge in [-0.2, -0.15) is 9.78 Å². The molecule has 0 atom stereocenters. The Bertz CT molecular complexity index is 990. The number of hydrogen-bond acceptors (Lipinski definition) is 9. The number of aromatic nitrogens is 5. The number of amides is 1. The Labute approximate surface area is 162 Å². The Kier molecular flexibility index (Phi) is 4.99. The van der Waals surface area contributed by atoms with E-state index in [2.05, 4.69) is 67.6 Å². The number of benzene rings is 1. The largest absolute Gasteiger partial charge is 0.506 e. The minimum Gasteiger partial charge on any atom is -0.506 e. The first-order valence-electron chi connectivity index (χ1n) is 6.90. The number of phenols is 1. The van der Waals surface area contributed by atoms with Crippen molar-refractivity contribution in [3.63, 3.8) is 0 Å². The van der Waals surface area contributed by atoms with Crippen LogP contribution in [0.15, 0.2) is 30.8 Å². The molecule has 134 valence electrons. The molecule has 1 aromatic carbocycles. The Morgan fingerprint density at radius 1 is 1.38 bits per heavy atom. The summed E-state index contributed by atoms with van der Waals surface area (Å²) in [5, 5.41) is 28.3. The molecule has 0 radical (unpaired) electrons.